The molecule has 1 aromatic carbocycles. The van der Waals surface area contributed by atoms with Gasteiger partial charge in [0, 0.05) is 38.4 Å². The van der Waals surface area contributed by atoms with Crippen LogP contribution in [0.15, 0.2) is 24.3 Å². The second-order valence-electron chi connectivity index (χ2n) is 5.86. The van der Waals surface area contributed by atoms with Crippen molar-refractivity contribution in [3.05, 3.63) is 24.3 Å². The Labute approximate surface area is 130 Å². The molecule has 2 fully saturated rings. The number of carbonyl (C=O) groups is 1. The maximum Gasteiger partial charge on any atom is 0.239 e. The van der Waals surface area contributed by atoms with Crippen molar-refractivity contribution in [2.45, 2.75) is 18.6 Å². The van der Waals surface area contributed by atoms with E-state index in [9.17, 15) is 9.90 Å². The zero-order valence-corrected chi connectivity index (χ0v) is 12.9. The Morgan fingerprint density at radius 1 is 1.23 bits per heavy atom. The Kier molecular flexibility index (Phi) is 4.49. The van der Waals surface area contributed by atoms with Crippen molar-refractivity contribution in [1.29, 1.82) is 0 Å². The molecular weight excluding hydrogens is 282 g/mol. The summed E-state index contributed by atoms with van der Waals surface area (Å²) in [6.07, 6.45) is 0.131. The van der Waals surface area contributed by atoms with Crippen LogP contribution in [0.25, 0.3) is 0 Å². The van der Waals surface area contributed by atoms with Gasteiger partial charge in [0.2, 0.25) is 5.91 Å². The molecule has 1 amide bonds. The zero-order valence-electron chi connectivity index (χ0n) is 12.9. The molecule has 0 bridgehead atoms. The largest absolute Gasteiger partial charge is 0.497 e. The Hall–Kier alpha value is -1.79. The Bertz CT molecular complexity index is 512. The number of aliphatic hydroxyl groups is 1. The van der Waals surface area contributed by atoms with Crippen LogP contribution >= 0.6 is 0 Å². The summed E-state index contributed by atoms with van der Waals surface area (Å²) in [4.78, 5) is 16.6. The lowest BCUT2D eigenvalue weighted by atomic mass is 10.1. The number of anilines is 1. The maximum absolute atomic E-state index is 12.4. The molecule has 2 atom stereocenters. The van der Waals surface area contributed by atoms with Gasteiger partial charge in [-0.2, -0.15) is 0 Å². The Morgan fingerprint density at radius 3 is 2.45 bits per heavy atom. The van der Waals surface area contributed by atoms with E-state index in [1.165, 1.54) is 0 Å². The number of benzene rings is 1. The molecule has 1 aromatic rings. The van der Waals surface area contributed by atoms with E-state index in [1.807, 2.05) is 29.2 Å². The van der Waals surface area contributed by atoms with Gasteiger partial charge >= 0.3 is 0 Å². The smallest absolute Gasteiger partial charge is 0.239 e. The fourth-order valence-corrected chi connectivity index (χ4v) is 3.10. The summed E-state index contributed by atoms with van der Waals surface area (Å²) < 4.78 is 5.17. The molecule has 2 N–H and O–H groups in total. The standard InChI is InChI=1S/C16H23N3O3/c1-22-14-4-2-12(3-5-14)18-6-8-19(9-7-18)16(21)15-10-13(20)11-17-15/h2-5,13,15,17,20H,6-11H2,1H3/t13-,15+/m0/s1. The number of piperazine rings is 1. The molecule has 0 radical (unpaired) electrons. The van der Waals surface area contributed by atoms with E-state index >= 15 is 0 Å². The summed E-state index contributed by atoms with van der Waals surface area (Å²) in [5.74, 6) is 0.967. The lowest BCUT2D eigenvalue weighted by Crippen LogP contribution is -2.53. The molecule has 2 saturated heterocycles. The van der Waals surface area contributed by atoms with E-state index in [2.05, 4.69) is 10.2 Å². The Morgan fingerprint density at radius 2 is 1.91 bits per heavy atom. The summed E-state index contributed by atoms with van der Waals surface area (Å²) in [5, 5.41) is 12.6. The van der Waals surface area contributed by atoms with Gasteiger partial charge in [0.25, 0.3) is 0 Å². The number of hydrogen-bond donors (Lipinski definition) is 2. The van der Waals surface area contributed by atoms with Gasteiger partial charge in [0.1, 0.15) is 5.75 Å². The van der Waals surface area contributed by atoms with E-state index in [0.717, 1.165) is 37.6 Å². The molecule has 0 aromatic heterocycles. The Balaban J connectivity index is 1.54. The molecule has 6 nitrogen and oxygen atoms in total. The summed E-state index contributed by atoms with van der Waals surface area (Å²) in [5.41, 5.74) is 1.15. The van der Waals surface area contributed by atoms with Crippen LogP contribution in [0.5, 0.6) is 5.75 Å². The van der Waals surface area contributed by atoms with Gasteiger partial charge in [-0.25, -0.2) is 0 Å². The van der Waals surface area contributed by atoms with Gasteiger partial charge in [-0.1, -0.05) is 0 Å². The highest BCUT2D eigenvalue weighted by Crippen LogP contribution is 2.21. The number of methoxy groups -OCH3 is 1. The van der Waals surface area contributed by atoms with Crippen molar-refractivity contribution in [1.82, 2.24) is 10.2 Å². The molecule has 3 rings (SSSR count). The first-order chi connectivity index (χ1) is 10.7. The average molecular weight is 305 g/mol. The van der Waals surface area contributed by atoms with Crippen molar-refractivity contribution >= 4 is 11.6 Å². The number of nitrogens with zero attached hydrogens (tertiary/aromatic N) is 2. The van der Waals surface area contributed by atoms with Crippen LogP contribution in [-0.4, -0.2) is 67.9 Å². The monoisotopic (exact) mass is 305 g/mol. The van der Waals surface area contributed by atoms with Crippen LogP contribution in [0, 0.1) is 0 Å². The van der Waals surface area contributed by atoms with Crippen LogP contribution < -0.4 is 15.0 Å². The minimum absolute atomic E-state index is 0.117. The fraction of sp³-hybridized carbons (Fsp3) is 0.562. The average Bonchev–Trinajstić information content (AvgIpc) is 3.01. The van der Waals surface area contributed by atoms with E-state index in [1.54, 1.807) is 7.11 Å². The predicted molar refractivity (Wildman–Crippen MR) is 84.2 cm³/mol. The highest BCUT2D eigenvalue weighted by molar-refractivity contribution is 5.82. The number of ether oxygens (including phenoxy) is 1. The maximum atomic E-state index is 12.4. The number of hydrogen-bond acceptors (Lipinski definition) is 5. The van der Waals surface area contributed by atoms with Gasteiger partial charge in [-0.05, 0) is 30.7 Å². The van der Waals surface area contributed by atoms with Crippen molar-refractivity contribution in [2.24, 2.45) is 0 Å². The number of nitrogens with one attached hydrogen (secondary N) is 1. The third kappa shape index (κ3) is 3.18. The molecule has 22 heavy (non-hydrogen) atoms. The molecule has 0 unspecified atom stereocenters. The van der Waals surface area contributed by atoms with E-state index < -0.39 is 6.10 Å². The van der Waals surface area contributed by atoms with Gasteiger partial charge < -0.3 is 25.0 Å². The van der Waals surface area contributed by atoms with Crippen LogP contribution in [0.1, 0.15) is 6.42 Å². The number of rotatable bonds is 3. The molecule has 2 aliphatic heterocycles. The number of amides is 1. The van der Waals surface area contributed by atoms with Crippen molar-refractivity contribution in [3.63, 3.8) is 0 Å². The van der Waals surface area contributed by atoms with Gasteiger partial charge in [-0.15, -0.1) is 0 Å². The van der Waals surface area contributed by atoms with Crippen molar-refractivity contribution in [2.75, 3.05) is 44.7 Å². The third-order valence-electron chi connectivity index (χ3n) is 4.43. The molecule has 0 saturated carbocycles. The fourth-order valence-electron chi connectivity index (χ4n) is 3.10. The van der Waals surface area contributed by atoms with E-state index in [0.29, 0.717) is 13.0 Å². The topological polar surface area (TPSA) is 65.0 Å². The minimum atomic E-state index is -0.394. The second kappa shape index (κ2) is 6.54. The molecule has 6 heteroatoms. The molecule has 2 aliphatic rings. The first kappa shape index (κ1) is 15.1. The molecule has 0 aliphatic carbocycles. The summed E-state index contributed by atoms with van der Waals surface area (Å²) >= 11 is 0. The lowest BCUT2D eigenvalue weighted by Gasteiger charge is -2.37. The zero-order chi connectivity index (χ0) is 15.5. The molecule has 2 heterocycles. The predicted octanol–water partition coefficient (Wildman–Crippen LogP) is 0.0666. The first-order valence-electron chi connectivity index (χ1n) is 7.76. The quantitative estimate of drug-likeness (QED) is 0.827. The van der Waals surface area contributed by atoms with Crippen molar-refractivity contribution in [3.8, 4) is 5.75 Å². The normalized spacial score (nSPS) is 25.4. The molecular formula is C16H23N3O3. The summed E-state index contributed by atoms with van der Waals surface area (Å²) in [7, 11) is 1.66. The SMILES string of the molecule is COc1ccc(N2CCN(C(=O)[C@H]3C[C@H](O)CN3)CC2)cc1. The third-order valence-corrected chi connectivity index (χ3v) is 4.43. The number of carbonyl (C=O) groups excluding carboxylic acids is 1. The van der Waals surface area contributed by atoms with E-state index in [4.69, 9.17) is 4.74 Å². The van der Waals surface area contributed by atoms with Gasteiger partial charge in [0.05, 0.1) is 19.3 Å². The summed E-state index contributed by atoms with van der Waals surface area (Å²) in [6, 6.07) is 7.78. The molecule has 120 valence electrons. The van der Waals surface area contributed by atoms with Gasteiger partial charge in [0.15, 0.2) is 0 Å². The lowest BCUT2D eigenvalue weighted by molar-refractivity contribution is -0.133. The molecule has 0 spiro atoms. The van der Waals surface area contributed by atoms with Crippen molar-refractivity contribution < 1.29 is 14.6 Å². The second-order valence-corrected chi connectivity index (χ2v) is 5.86. The van der Waals surface area contributed by atoms with Crippen LogP contribution in [0.4, 0.5) is 5.69 Å². The minimum Gasteiger partial charge on any atom is -0.497 e. The van der Waals surface area contributed by atoms with Crippen LogP contribution in [0.2, 0.25) is 0 Å². The number of aliphatic hydroxyl groups excluding tert-OH is 1. The van der Waals surface area contributed by atoms with Crippen LogP contribution in [0.3, 0.4) is 0 Å². The van der Waals surface area contributed by atoms with E-state index in [-0.39, 0.29) is 11.9 Å². The number of β-amino-alcohol motifs (C(OH)–C–C–N with tert-alkyl or cyclic N) is 1. The van der Waals surface area contributed by atoms with Gasteiger partial charge in [-0.3, -0.25) is 4.79 Å². The highest BCUT2D eigenvalue weighted by Gasteiger charge is 2.32. The van der Waals surface area contributed by atoms with Crippen LogP contribution in [-0.2, 0) is 4.79 Å². The summed E-state index contributed by atoms with van der Waals surface area (Å²) in [6.45, 7) is 3.61. The highest BCUT2D eigenvalue weighted by atomic mass is 16.5. The first-order valence-corrected chi connectivity index (χ1v) is 7.76.